The lowest BCUT2D eigenvalue weighted by Crippen LogP contribution is -2.26. The molecule has 0 spiro atoms. The number of halogens is 1. The van der Waals surface area contributed by atoms with Gasteiger partial charge < -0.3 is 5.32 Å². The lowest BCUT2D eigenvalue weighted by Gasteiger charge is -2.15. The van der Waals surface area contributed by atoms with Crippen LogP contribution >= 0.6 is 0 Å². The van der Waals surface area contributed by atoms with Crippen LogP contribution in [0.15, 0.2) is 54.7 Å². The fourth-order valence-corrected chi connectivity index (χ4v) is 3.30. The number of carbonyl (C=O) groups is 1. The van der Waals surface area contributed by atoms with Gasteiger partial charge in [-0.05, 0) is 36.8 Å². The Labute approximate surface area is 162 Å². The number of nitrogens with one attached hydrogen (secondary N) is 3. The molecule has 3 aromatic rings. The second-order valence-corrected chi connectivity index (χ2v) is 8.08. The van der Waals surface area contributed by atoms with Gasteiger partial charge in [0.2, 0.25) is 10.0 Å². The highest BCUT2D eigenvalue weighted by Gasteiger charge is 2.19. The SMILES string of the molecule is CC(NC(=O)c1cn[nH]c1-c1ccccc1F)c1ccc(NS(C)(=O)=O)cc1. The van der Waals surface area contributed by atoms with Crippen molar-refractivity contribution in [1.29, 1.82) is 0 Å². The standard InChI is InChI=1S/C19H19FN4O3S/c1-12(13-7-9-14(10-8-13)24-28(2,26)27)22-19(25)16-11-21-23-18(16)15-5-3-4-6-17(15)20/h3-12,24H,1-2H3,(H,21,23)(H,22,25). The van der Waals surface area contributed by atoms with Crippen LogP contribution in [0.2, 0.25) is 0 Å². The minimum atomic E-state index is -3.35. The van der Waals surface area contributed by atoms with Gasteiger partial charge in [0, 0.05) is 11.3 Å². The number of rotatable bonds is 6. The smallest absolute Gasteiger partial charge is 0.255 e. The fraction of sp³-hybridized carbons (Fsp3) is 0.158. The van der Waals surface area contributed by atoms with Crippen molar-refractivity contribution in [1.82, 2.24) is 15.5 Å². The topological polar surface area (TPSA) is 104 Å². The lowest BCUT2D eigenvalue weighted by molar-refractivity contribution is 0.0940. The molecule has 2 aromatic carbocycles. The summed E-state index contributed by atoms with van der Waals surface area (Å²) < 4.78 is 39.0. The normalized spacial score (nSPS) is 12.4. The summed E-state index contributed by atoms with van der Waals surface area (Å²) in [4.78, 5) is 12.7. The van der Waals surface area contributed by atoms with E-state index in [-0.39, 0.29) is 17.2 Å². The van der Waals surface area contributed by atoms with Crippen LogP contribution in [0.25, 0.3) is 11.3 Å². The molecule has 0 radical (unpaired) electrons. The zero-order valence-electron chi connectivity index (χ0n) is 15.2. The van der Waals surface area contributed by atoms with Gasteiger partial charge in [0.15, 0.2) is 0 Å². The Hall–Kier alpha value is -3.20. The van der Waals surface area contributed by atoms with Gasteiger partial charge in [0.25, 0.3) is 5.91 Å². The summed E-state index contributed by atoms with van der Waals surface area (Å²) in [6.45, 7) is 1.79. The van der Waals surface area contributed by atoms with E-state index in [1.54, 1.807) is 49.4 Å². The number of H-pyrrole nitrogens is 1. The Balaban J connectivity index is 1.75. The summed E-state index contributed by atoms with van der Waals surface area (Å²) in [7, 11) is -3.35. The minimum Gasteiger partial charge on any atom is -0.345 e. The maximum absolute atomic E-state index is 14.1. The molecule has 3 N–H and O–H groups in total. The summed E-state index contributed by atoms with van der Waals surface area (Å²) >= 11 is 0. The average molecular weight is 402 g/mol. The molecule has 1 aromatic heterocycles. The van der Waals surface area contributed by atoms with Gasteiger partial charge in [0.05, 0.1) is 29.8 Å². The number of amides is 1. The van der Waals surface area contributed by atoms with Crippen molar-refractivity contribution < 1.29 is 17.6 Å². The zero-order valence-corrected chi connectivity index (χ0v) is 16.0. The summed E-state index contributed by atoms with van der Waals surface area (Å²) in [5, 5.41) is 9.37. The van der Waals surface area contributed by atoms with Crippen molar-refractivity contribution in [2.24, 2.45) is 0 Å². The predicted molar refractivity (Wildman–Crippen MR) is 105 cm³/mol. The van der Waals surface area contributed by atoms with E-state index >= 15 is 0 Å². The number of hydrogen-bond acceptors (Lipinski definition) is 4. The van der Waals surface area contributed by atoms with Crippen molar-refractivity contribution in [3.05, 3.63) is 71.7 Å². The van der Waals surface area contributed by atoms with E-state index in [0.29, 0.717) is 11.4 Å². The molecule has 1 atom stereocenters. The molecular weight excluding hydrogens is 383 g/mol. The second-order valence-electron chi connectivity index (χ2n) is 6.33. The maximum atomic E-state index is 14.1. The highest BCUT2D eigenvalue weighted by molar-refractivity contribution is 7.92. The number of nitrogens with zero attached hydrogens (tertiary/aromatic N) is 1. The number of carbonyl (C=O) groups excluding carboxylic acids is 1. The quantitative estimate of drug-likeness (QED) is 0.589. The minimum absolute atomic E-state index is 0.229. The Bertz CT molecular complexity index is 1090. The average Bonchev–Trinajstić information content (AvgIpc) is 3.11. The number of aromatic amines is 1. The van der Waals surface area contributed by atoms with E-state index in [1.807, 2.05) is 0 Å². The van der Waals surface area contributed by atoms with Crippen LogP contribution in [0.3, 0.4) is 0 Å². The summed E-state index contributed by atoms with van der Waals surface area (Å²) in [6.07, 6.45) is 2.42. The lowest BCUT2D eigenvalue weighted by atomic mass is 10.1. The van der Waals surface area contributed by atoms with Crippen LogP contribution < -0.4 is 10.0 Å². The van der Waals surface area contributed by atoms with Gasteiger partial charge in [0.1, 0.15) is 5.82 Å². The van der Waals surface area contributed by atoms with E-state index in [1.165, 1.54) is 12.3 Å². The largest absolute Gasteiger partial charge is 0.345 e. The van der Waals surface area contributed by atoms with Crippen LogP contribution in [-0.4, -0.2) is 30.8 Å². The van der Waals surface area contributed by atoms with Crippen molar-refractivity contribution in [2.45, 2.75) is 13.0 Å². The van der Waals surface area contributed by atoms with Crippen molar-refractivity contribution in [2.75, 3.05) is 11.0 Å². The molecule has 9 heteroatoms. The molecule has 3 rings (SSSR count). The first-order chi connectivity index (χ1) is 13.2. The Morgan fingerprint density at radius 1 is 1.14 bits per heavy atom. The van der Waals surface area contributed by atoms with Crippen molar-refractivity contribution >= 4 is 21.6 Å². The summed E-state index contributed by atoms with van der Waals surface area (Å²) in [6, 6.07) is 12.4. The molecule has 0 aliphatic carbocycles. The van der Waals surface area contributed by atoms with E-state index in [9.17, 15) is 17.6 Å². The molecule has 7 nitrogen and oxygen atoms in total. The number of sulfonamides is 1. The molecular formula is C19H19FN4O3S. The molecule has 146 valence electrons. The second kappa shape index (κ2) is 7.81. The van der Waals surface area contributed by atoms with Crippen LogP contribution in [0.5, 0.6) is 0 Å². The van der Waals surface area contributed by atoms with Crippen molar-refractivity contribution in [3.8, 4) is 11.3 Å². The molecule has 1 unspecified atom stereocenters. The van der Waals surface area contributed by atoms with Crippen LogP contribution in [0.4, 0.5) is 10.1 Å². The highest BCUT2D eigenvalue weighted by atomic mass is 32.2. The molecule has 0 saturated heterocycles. The molecule has 28 heavy (non-hydrogen) atoms. The van der Waals surface area contributed by atoms with Crippen LogP contribution in [0, 0.1) is 5.82 Å². The molecule has 0 bridgehead atoms. The number of hydrogen-bond donors (Lipinski definition) is 3. The molecule has 0 aliphatic heterocycles. The van der Waals surface area contributed by atoms with E-state index in [0.717, 1.165) is 11.8 Å². The third-order valence-corrected chi connectivity index (χ3v) is 4.70. The third kappa shape index (κ3) is 4.55. The Morgan fingerprint density at radius 3 is 2.46 bits per heavy atom. The fourth-order valence-electron chi connectivity index (χ4n) is 2.74. The number of aromatic nitrogens is 2. The maximum Gasteiger partial charge on any atom is 0.255 e. The highest BCUT2D eigenvalue weighted by Crippen LogP contribution is 2.25. The first kappa shape index (κ1) is 19.6. The zero-order chi connectivity index (χ0) is 20.3. The Morgan fingerprint density at radius 2 is 1.82 bits per heavy atom. The van der Waals surface area contributed by atoms with E-state index < -0.39 is 21.7 Å². The van der Waals surface area contributed by atoms with Crippen LogP contribution in [-0.2, 0) is 10.0 Å². The first-order valence-corrected chi connectivity index (χ1v) is 10.3. The summed E-state index contributed by atoms with van der Waals surface area (Å²) in [5.74, 6) is -0.861. The molecule has 1 amide bonds. The first-order valence-electron chi connectivity index (χ1n) is 8.41. The third-order valence-electron chi connectivity index (χ3n) is 4.09. The predicted octanol–water partition coefficient (Wildman–Crippen LogP) is 3.08. The molecule has 1 heterocycles. The van der Waals surface area contributed by atoms with Crippen molar-refractivity contribution in [3.63, 3.8) is 0 Å². The number of anilines is 1. The van der Waals surface area contributed by atoms with Gasteiger partial charge in [-0.15, -0.1) is 0 Å². The van der Waals surface area contributed by atoms with Gasteiger partial charge >= 0.3 is 0 Å². The van der Waals surface area contributed by atoms with Crippen LogP contribution in [0.1, 0.15) is 28.9 Å². The van der Waals surface area contributed by atoms with Gasteiger partial charge in [-0.25, -0.2) is 12.8 Å². The molecule has 0 aliphatic rings. The monoisotopic (exact) mass is 402 g/mol. The van der Waals surface area contributed by atoms with Gasteiger partial charge in [-0.2, -0.15) is 5.10 Å². The number of benzene rings is 2. The van der Waals surface area contributed by atoms with E-state index in [4.69, 9.17) is 0 Å². The van der Waals surface area contributed by atoms with Gasteiger partial charge in [-0.1, -0.05) is 24.3 Å². The Kier molecular flexibility index (Phi) is 5.46. The summed E-state index contributed by atoms with van der Waals surface area (Å²) in [5.41, 5.74) is 2.00. The van der Waals surface area contributed by atoms with Gasteiger partial charge in [-0.3, -0.25) is 14.6 Å². The van der Waals surface area contributed by atoms with E-state index in [2.05, 4.69) is 20.2 Å². The molecule has 0 fully saturated rings. The molecule has 0 saturated carbocycles.